The first-order valence-electron chi connectivity index (χ1n) is 10.1. The average molecular weight is 389 g/mol. The molecule has 0 fully saturated rings. The number of imidazole rings is 2. The number of aromatic nitrogens is 4. The molecule has 0 spiro atoms. The summed E-state index contributed by atoms with van der Waals surface area (Å²) in [6.07, 6.45) is 4.05. The van der Waals surface area contributed by atoms with Gasteiger partial charge in [-0.3, -0.25) is 4.90 Å². The minimum atomic E-state index is 0. The first kappa shape index (κ1) is 22.6. The van der Waals surface area contributed by atoms with Crippen LogP contribution < -0.4 is 5.32 Å². The van der Waals surface area contributed by atoms with Gasteiger partial charge in [0.15, 0.2) is 0 Å². The first-order chi connectivity index (χ1) is 12.6. The second kappa shape index (κ2) is 8.37. The van der Waals surface area contributed by atoms with Gasteiger partial charge in [0.2, 0.25) is 0 Å². The summed E-state index contributed by atoms with van der Waals surface area (Å²) < 4.78 is 4.72. The fourth-order valence-electron chi connectivity index (χ4n) is 3.77. The van der Waals surface area contributed by atoms with Crippen molar-refractivity contribution in [3.05, 3.63) is 35.4 Å². The van der Waals surface area contributed by atoms with Crippen LogP contribution in [0.2, 0.25) is 0 Å². The van der Waals surface area contributed by atoms with Crippen LogP contribution in [0.15, 0.2) is 12.4 Å². The van der Waals surface area contributed by atoms with Gasteiger partial charge in [-0.15, -0.1) is 0 Å². The highest BCUT2D eigenvalue weighted by molar-refractivity contribution is 5.16. The molecule has 2 aromatic rings. The monoisotopic (exact) mass is 388 g/mol. The van der Waals surface area contributed by atoms with Crippen molar-refractivity contribution in [3.63, 3.8) is 0 Å². The fourth-order valence-corrected chi connectivity index (χ4v) is 3.77. The lowest BCUT2D eigenvalue weighted by molar-refractivity contribution is 0.258. The second-order valence-electron chi connectivity index (χ2n) is 9.84. The largest absolute Gasteiger partial charge is 0.329 e. The Balaban J connectivity index is 0.000000194. The quantitative estimate of drug-likeness (QED) is 0.750. The standard InChI is InChI=1S/C11H19N3.C10H17N3.CH4/c1-11(2,3)9-7-12-10-8-13(4)5-6-14(9)10;1-10(2,3)8-6-12-9-7-11-4-5-13(8)9;/h7H,5-6,8H2,1-4H3;6,11H,4-5,7H2,1-3H3;1H4. The predicted octanol–water partition coefficient (Wildman–Crippen LogP) is 3.55. The maximum Gasteiger partial charge on any atom is 0.123 e. The Bertz CT molecular complexity index is 772. The van der Waals surface area contributed by atoms with Gasteiger partial charge >= 0.3 is 0 Å². The van der Waals surface area contributed by atoms with Crippen LogP contribution in [0.4, 0.5) is 0 Å². The third-order valence-electron chi connectivity index (χ3n) is 5.33. The minimum Gasteiger partial charge on any atom is -0.329 e. The zero-order valence-electron chi connectivity index (χ0n) is 18.1. The van der Waals surface area contributed by atoms with E-state index in [9.17, 15) is 0 Å². The highest BCUT2D eigenvalue weighted by Crippen LogP contribution is 2.25. The zero-order valence-corrected chi connectivity index (χ0v) is 18.1. The van der Waals surface area contributed by atoms with Gasteiger partial charge < -0.3 is 14.5 Å². The molecule has 0 bridgehead atoms. The summed E-state index contributed by atoms with van der Waals surface area (Å²) in [6.45, 7) is 19.7. The smallest absolute Gasteiger partial charge is 0.123 e. The van der Waals surface area contributed by atoms with Gasteiger partial charge in [0.1, 0.15) is 11.6 Å². The Kier molecular flexibility index (Phi) is 6.77. The van der Waals surface area contributed by atoms with E-state index in [1.807, 2.05) is 12.4 Å². The van der Waals surface area contributed by atoms with Crippen molar-refractivity contribution in [2.45, 2.75) is 86.0 Å². The van der Waals surface area contributed by atoms with E-state index in [4.69, 9.17) is 0 Å². The van der Waals surface area contributed by atoms with Crippen molar-refractivity contribution < 1.29 is 0 Å². The number of rotatable bonds is 0. The number of nitrogens with one attached hydrogen (secondary N) is 1. The Morgan fingerprint density at radius 3 is 1.93 bits per heavy atom. The van der Waals surface area contributed by atoms with Gasteiger partial charge in [-0.05, 0) is 7.05 Å². The molecule has 0 aromatic carbocycles. The van der Waals surface area contributed by atoms with Crippen molar-refractivity contribution in [2.75, 3.05) is 20.1 Å². The molecule has 158 valence electrons. The number of fused-ring (bicyclic) bond motifs is 2. The van der Waals surface area contributed by atoms with E-state index in [1.165, 1.54) is 23.0 Å². The Hall–Kier alpha value is -1.66. The van der Waals surface area contributed by atoms with Crippen molar-refractivity contribution in [2.24, 2.45) is 0 Å². The minimum absolute atomic E-state index is 0. The molecule has 4 rings (SSSR count). The van der Waals surface area contributed by atoms with E-state index in [-0.39, 0.29) is 18.3 Å². The van der Waals surface area contributed by atoms with Gasteiger partial charge in [0.25, 0.3) is 0 Å². The fraction of sp³-hybridized carbons (Fsp3) is 0.727. The molecule has 6 nitrogen and oxygen atoms in total. The van der Waals surface area contributed by atoms with Gasteiger partial charge in [0, 0.05) is 60.8 Å². The third-order valence-corrected chi connectivity index (χ3v) is 5.33. The van der Waals surface area contributed by atoms with E-state index in [2.05, 4.69) is 77.9 Å². The topological polar surface area (TPSA) is 50.9 Å². The Morgan fingerprint density at radius 2 is 1.36 bits per heavy atom. The molecule has 2 aliphatic heterocycles. The molecule has 2 aromatic heterocycles. The van der Waals surface area contributed by atoms with Gasteiger partial charge in [0.05, 0.1) is 13.1 Å². The van der Waals surface area contributed by atoms with E-state index >= 15 is 0 Å². The number of hydrogen-bond donors (Lipinski definition) is 1. The lowest BCUT2D eigenvalue weighted by Crippen LogP contribution is -2.32. The normalized spacial score (nSPS) is 17.1. The predicted molar refractivity (Wildman–Crippen MR) is 117 cm³/mol. The second-order valence-corrected chi connectivity index (χ2v) is 9.84. The van der Waals surface area contributed by atoms with Gasteiger partial charge in [-0.1, -0.05) is 49.0 Å². The molecule has 4 heterocycles. The molecule has 0 unspecified atom stereocenters. The van der Waals surface area contributed by atoms with Crippen LogP contribution in [0.3, 0.4) is 0 Å². The molecule has 1 N–H and O–H groups in total. The van der Waals surface area contributed by atoms with E-state index in [1.54, 1.807) is 0 Å². The number of likely N-dealkylation sites (N-methyl/N-ethyl adjacent to an activating group) is 1. The molecule has 0 saturated carbocycles. The van der Waals surface area contributed by atoms with Gasteiger partial charge in [-0.2, -0.15) is 0 Å². The summed E-state index contributed by atoms with van der Waals surface area (Å²) in [4.78, 5) is 11.2. The van der Waals surface area contributed by atoms with Gasteiger partial charge in [-0.25, -0.2) is 9.97 Å². The first-order valence-corrected chi connectivity index (χ1v) is 10.1. The highest BCUT2D eigenvalue weighted by atomic mass is 15.2. The summed E-state index contributed by atoms with van der Waals surface area (Å²) >= 11 is 0. The molecule has 28 heavy (non-hydrogen) atoms. The molecule has 2 aliphatic rings. The maximum absolute atomic E-state index is 4.49. The molecule has 0 saturated heterocycles. The van der Waals surface area contributed by atoms with E-state index in [0.717, 1.165) is 39.3 Å². The van der Waals surface area contributed by atoms with Crippen molar-refractivity contribution in [3.8, 4) is 0 Å². The van der Waals surface area contributed by atoms with Crippen molar-refractivity contribution >= 4 is 0 Å². The maximum atomic E-state index is 4.49. The number of hydrogen-bond acceptors (Lipinski definition) is 4. The molecule has 0 aliphatic carbocycles. The highest BCUT2D eigenvalue weighted by Gasteiger charge is 2.24. The van der Waals surface area contributed by atoms with Crippen LogP contribution in [0.1, 0.15) is 72.0 Å². The van der Waals surface area contributed by atoms with E-state index in [0.29, 0.717) is 0 Å². The van der Waals surface area contributed by atoms with Crippen molar-refractivity contribution in [1.82, 2.24) is 29.3 Å². The Labute approximate surface area is 171 Å². The van der Waals surface area contributed by atoms with Crippen LogP contribution in [-0.2, 0) is 37.0 Å². The van der Waals surface area contributed by atoms with Crippen LogP contribution >= 0.6 is 0 Å². The van der Waals surface area contributed by atoms with E-state index < -0.39 is 0 Å². The third kappa shape index (κ3) is 4.84. The summed E-state index contributed by atoms with van der Waals surface area (Å²) in [5, 5.41) is 3.32. The SMILES string of the molecule is C.CC(C)(C)c1cnc2n1CCNC2.CN1CCn2c(C(C)(C)C)cnc2C1. The summed E-state index contributed by atoms with van der Waals surface area (Å²) in [5.41, 5.74) is 3.13. The molecule has 0 atom stereocenters. The van der Waals surface area contributed by atoms with Crippen LogP contribution in [0.25, 0.3) is 0 Å². The Morgan fingerprint density at radius 1 is 0.821 bits per heavy atom. The molecular weight excluding hydrogens is 348 g/mol. The average Bonchev–Trinajstić information content (AvgIpc) is 3.18. The summed E-state index contributed by atoms with van der Waals surface area (Å²) in [6, 6.07) is 0. The number of nitrogens with zero attached hydrogens (tertiary/aromatic N) is 5. The van der Waals surface area contributed by atoms with Crippen LogP contribution in [-0.4, -0.2) is 44.1 Å². The zero-order chi connectivity index (χ0) is 19.8. The molecular formula is C22H40N6. The van der Waals surface area contributed by atoms with Crippen LogP contribution in [0, 0.1) is 0 Å². The lowest BCUT2D eigenvalue weighted by Gasteiger charge is -2.28. The summed E-state index contributed by atoms with van der Waals surface area (Å²) in [7, 11) is 2.15. The summed E-state index contributed by atoms with van der Waals surface area (Å²) in [5.74, 6) is 2.39. The lowest BCUT2D eigenvalue weighted by atomic mass is 9.92. The molecule has 0 radical (unpaired) electrons. The molecule has 6 heteroatoms. The van der Waals surface area contributed by atoms with Crippen LogP contribution in [0.5, 0.6) is 0 Å². The van der Waals surface area contributed by atoms with Crippen molar-refractivity contribution in [1.29, 1.82) is 0 Å². The molecule has 0 amide bonds.